The molecule has 6 nitrogen and oxygen atoms in total. The molecule has 0 fully saturated rings. The SMILES string of the molecule is C=CC(O)CCO.CC(=O)O.CC(=O)O. The molecule has 15 heavy (non-hydrogen) atoms. The average Bonchev–Trinajstić information content (AvgIpc) is 2.02. The van der Waals surface area contributed by atoms with Crippen molar-refractivity contribution in [1.29, 1.82) is 0 Å². The van der Waals surface area contributed by atoms with Crippen LogP contribution in [0.5, 0.6) is 0 Å². The molecule has 0 bridgehead atoms. The third-order valence-corrected chi connectivity index (χ3v) is 0.697. The van der Waals surface area contributed by atoms with Crippen molar-refractivity contribution in [2.24, 2.45) is 0 Å². The summed E-state index contributed by atoms with van der Waals surface area (Å²) in [4.78, 5) is 18.0. The fourth-order valence-corrected chi connectivity index (χ4v) is 0.250. The molecule has 0 aromatic heterocycles. The van der Waals surface area contributed by atoms with Crippen LogP contribution in [0.1, 0.15) is 20.3 Å². The van der Waals surface area contributed by atoms with E-state index in [9.17, 15) is 0 Å². The highest BCUT2D eigenvalue weighted by Gasteiger charge is 1.91. The van der Waals surface area contributed by atoms with Crippen molar-refractivity contribution in [3.63, 3.8) is 0 Å². The van der Waals surface area contributed by atoms with Crippen molar-refractivity contribution in [1.82, 2.24) is 0 Å². The molecular formula is C9H18O6. The number of aliphatic hydroxyl groups is 2. The number of rotatable bonds is 3. The van der Waals surface area contributed by atoms with Crippen molar-refractivity contribution in [3.05, 3.63) is 12.7 Å². The molecular weight excluding hydrogens is 204 g/mol. The number of aliphatic carboxylic acids is 2. The Balaban J connectivity index is -0.000000155. The van der Waals surface area contributed by atoms with Crippen molar-refractivity contribution in [2.45, 2.75) is 26.4 Å². The number of carbonyl (C=O) groups is 2. The smallest absolute Gasteiger partial charge is 0.300 e. The maximum Gasteiger partial charge on any atom is 0.300 e. The fraction of sp³-hybridized carbons (Fsp3) is 0.556. The number of carboxylic acid groups (broad SMARTS) is 2. The van der Waals surface area contributed by atoms with E-state index < -0.39 is 18.0 Å². The Labute approximate surface area is 88.5 Å². The van der Waals surface area contributed by atoms with Crippen LogP contribution < -0.4 is 0 Å². The van der Waals surface area contributed by atoms with Crippen LogP contribution in [0.25, 0.3) is 0 Å². The van der Waals surface area contributed by atoms with Crippen LogP contribution in [-0.2, 0) is 9.59 Å². The Bertz CT molecular complexity index is 157. The minimum atomic E-state index is -0.833. The van der Waals surface area contributed by atoms with E-state index in [4.69, 9.17) is 30.0 Å². The Morgan fingerprint density at radius 1 is 1.27 bits per heavy atom. The first-order valence-electron chi connectivity index (χ1n) is 4.08. The van der Waals surface area contributed by atoms with Gasteiger partial charge in [0.25, 0.3) is 11.9 Å². The van der Waals surface area contributed by atoms with Crippen LogP contribution >= 0.6 is 0 Å². The topological polar surface area (TPSA) is 115 Å². The van der Waals surface area contributed by atoms with E-state index in [1.807, 2.05) is 0 Å². The average molecular weight is 222 g/mol. The van der Waals surface area contributed by atoms with E-state index in [1.165, 1.54) is 6.08 Å². The van der Waals surface area contributed by atoms with Crippen molar-refractivity contribution in [2.75, 3.05) is 6.61 Å². The highest BCUT2D eigenvalue weighted by molar-refractivity contribution is 5.63. The molecule has 0 aliphatic rings. The summed E-state index contributed by atoms with van der Waals surface area (Å²) in [5.74, 6) is -1.67. The predicted molar refractivity (Wildman–Crippen MR) is 54.5 cm³/mol. The molecule has 0 amide bonds. The third kappa shape index (κ3) is 109. The third-order valence-electron chi connectivity index (χ3n) is 0.697. The molecule has 0 saturated carbocycles. The van der Waals surface area contributed by atoms with Gasteiger partial charge in [-0.25, -0.2) is 0 Å². The summed E-state index contributed by atoms with van der Waals surface area (Å²) in [5.41, 5.74) is 0. The largest absolute Gasteiger partial charge is 0.481 e. The van der Waals surface area contributed by atoms with Gasteiger partial charge in [0.1, 0.15) is 0 Å². The van der Waals surface area contributed by atoms with Crippen molar-refractivity contribution >= 4 is 11.9 Å². The second kappa shape index (κ2) is 15.1. The van der Waals surface area contributed by atoms with Gasteiger partial charge in [0.2, 0.25) is 0 Å². The summed E-state index contributed by atoms with van der Waals surface area (Å²) >= 11 is 0. The van der Waals surface area contributed by atoms with Gasteiger partial charge in [-0.15, -0.1) is 6.58 Å². The van der Waals surface area contributed by atoms with Gasteiger partial charge in [0.15, 0.2) is 0 Å². The molecule has 0 aliphatic carbocycles. The van der Waals surface area contributed by atoms with Gasteiger partial charge in [-0.2, -0.15) is 0 Å². The molecule has 0 radical (unpaired) electrons. The van der Waals surface area contributed by atoms with Gasteiger partial charge in [-0.05, 0) is 6.42 Å². The van der Waals surface area contributed by atoms with E-state index in [1.54, 1.807) is 0 Å². The molecule has 90 valence electrons. The van der Waals surface area contributed by atoms with Crippen LogP contribution in [0.3, 0.4) is 0 Å². The number of carboxylic acids is 2. The Kier molecular flexibility index (Phi) is 19.3. The summed E-state index contributed by atoms with van der Waals surface area (Å²) in [5, 5.41) is 31.6. The van der Waals surface area contributed by atoms with Crippen LogP contribution in [0, 0.1) is 0 Å². The van der Waals surface area contributed by atoms with Gasteiger partial charge in [0, 0.05) is 20.5 Å². The first kappa shape index (κ1) is 19.2. The van der Waals surface area contributed by atoms with E-state index >= 15 is 0 Å². The second-order valence-electron chi connectivity index (χ2n) is 2.35. The van der Waals surface area contributed by atoms with E-state index in [0.717, 1.165) is 13.8 Å². The number of aliphatic hydroxyl groups excluding tert-OH is 2. The maximum absolute atomic E-state index is 9.00. The van der Waals surface area contributed by atoms with E-state index in [2.05, 4.69) is 6.58 Å². The van der Waals surface area contributed by atoms with Gasteiger partial charge in [-0.1, -0.05) is 6.08 Å². The molecule has 0 saturated heterocycles. The van der Waals surface area contributed by atoms with Crippen molar-refractivity contribution in [3.8, 4) is 0 Å². The lowest BCUT2D eigenvalue weighted by molar-refractivity contribution is -0.135. The minimum Gasteiger partial charge on any atom is -0.481 e. The lowest BCUT2D eigenvalue weighted by Gasteiger charge is -1.97. The standard InChI is InChI=1S/C5H10O2.2C2H4O2/c1-2-5(7)3-4-6;2*1-2(3)4/h2,5-7H,1,3-4H2;2*1H3,(H,3,4). The molecule has 4 N–H and O–H groups in total. The van der Waals surface area contributed by atoms with Gasteiger partial charge < -0.3 is 20.4 Å². The Morgan fingerprint density at radius 3 is 1.60 bits per heavy atom. The molecule has 0 rings (SSSR count). The Morgan fingerprint density at radius 2 is 1.53 bits per heavy atom. The summed E-state index contributed by atoms with van der Waals surface area (Å²) in [6.07, 6.45) is 1.25. The number of hydrogen-bond acceptors (Lipinski definition) is 4. The van der Waals surface area contributed by atoms with Gasteiger partial charge in [0.05, 0.1) is 6.10 Å². The molecule has 6 heteroatoms. The zero-order valence-electron chi connectivity index (χ0n) is 8.88. The molecule has 0 aliphatic heterocycles. The van der Waals surface area contributed by atoms with Gasteiger partial charge in [-0.3, -0.25) is 9.59 Å². The van der Waals surface area contributed by atoms with E-state index in [0.29, 0.717) is 6.42 Å². The van der Waals surface area contributed by atoms with Crippen LogP contribution in [0.4, 0.5) is 0 Å². The number of hydrogen-bond donors (Lipinski definition) is 4. The molecule has 0 spiro atoms. The Hall–Kier alpha value is -1.40. The molecule has 1 atom stereocenters. The predicted octanol–water partition coefficient (Wildman–Crippen LogP) is 0.0975. The molecule has 0 heterocycles. The fourth-order valence-electron chi connectivity index (χ4n) is 0.250. The normalized spacial score (nSPS) is 9.60. The zero-order valence-corrected chi connectivity index (χ0v) is 8.88. The highest BCUT2D eigenvalue weighted by atomic mass is 16.4. The first-order chi connectivity index (χ1) is 6.77. The lowest BCUT2D eigenvalue weighted by atomic mass is 10.3. The summed E-state index contributed by atoms with van der Waals surface area (Å²) in [6.45, 7) is 5.51. The molecule has 1 unspecified atom stereocenters. The quantitative estimate of drug-likeness (QED) is 0.503. The summed E-state index contributed by atoms with van der Waals surface area (Å²) < 4.78 is 0. The van der Waals surface area contributed by atoms with Crippen LogP contribution in [-0.4, -0.2) is 45.1 Å². The minimum absolute atomic E-state index is 0.0210. The second-order valence-corrected chi connectivity index (χ2v) is 2.35. The lowest BCUT2D eigenvalue weighted by Crippen LogP contribution is -2.02. The van der Waals surface area contributed by atoms with Gasteiger partial charge >= 0.3 is 0 Å². The van der Waals surface area contributed by atoms with Crippen LogP contribution in [0.15, 0.2) is 12.7 Å². The van der Waals surface area contributed by atoms with Crippen LogP contribution in [0.2, 0.25) is 0 Å². The summed E-state index contributed by atoms with van der Waals surface area (Å²) in [6, 6.07) is 0. The van der Waals surface area contributed by atoms with Crippen molar-refractivity contribution < 1.29 is 30.0 Å². The molecule has 0 aromatic rings. The monoisotopic (exact) mass is 222 g/mol. The highest BCUT2D eigenvalue weighted by Crippen LogP contribution is 1.87. The maximum atomic E-state index is 9.00. The summed E-state index contributed by atoms with van der Waals surface area (Å²) in [7, 11) is 0. The molecule has 0 aromatic carbocycles. The van der Waals surface area contributed by atoms with E-state index in [-0.39, 0.29) is 6.61 Å². The zero-order chi connectivity index (χ0) is 12.9. The first-order valence-corrected chi connectivity index (χ1v) is 4.08.